The summed E-state index contributed by atoms with van der Waals surface area (Å²) in [7, 11) is 1.80. The summed E-state index contributed by atoms with van der Waals surface area (Å²) in [5, 5.41) is 11.2. The van der Waals surface area contributed by atoms with Crippen LogP contribution >= 0.6 is 11.3 Å². The van der Waals surface area contributed by atoms with Crippen molar-refractivity contribution < 1.29 is 14.4 Å². The smallest absolute Gasteiger partial charge is 0.329 e. The number of pyridine rings is 1. The van der Waals surface area contributed by atoms with Crippen LogP contribution in [0.4, 0.5) is 11.4 Å². The van der Waals surface area contributed by atoms with Gasteiger partial charge in [-0.1, -0.05) is 24.3 Å². The molecule has 58 heavy (non-hydrogen) atoms. The summed E-state index contributed by atoms with van der Waals surface area (Å²) in [6, 6.07) is 22.7. The molecule has 4 aliphatic rings. The Morgan fingerprint density at radius 1 is 0.879 bits per heavy atom. The summed E-state index contributed by atoms with van der Waals surface area (Å²) >= 11 is 1.53. The molecule has 6 aromatic rings. The highest BCUT2D eigenvalue weighted by Gasteiger charge is 2.33. The van der Waals surface area contributed by atoms with E-state index in [1.165, 1.54) is 22.6 Å². The number of nitrogens with one attached hydrogen (secondary N) is 3. The van der Waals surface area contributed by atoms with E-state index in [2.05, 4.69) is 80.3 Å². The molecule has 12 nitrogen and oxygen atoms in total. The number of hydrogen-bond donors (Lipinski definition) is 3. The Balaban J connectivity index is 0.779. The minimum atomic E-state index is -0.674. The Kier molecular flexibility index (Phi) is 9.32. The van der Waals surface area contributed by atoms with Crippen LogP contribution in [0.1, 0.15) is 72.6 Å². The lowest BCUT2D eigenvalue weighted by Gasteiger charge is -2.38. The third-order valence-electron chi connectivity index (χ3n) is 13.0. The number of nitrogens with zero attached hydrogens (tertiary/aromatic N) is 5. The molecule has 3 aromatic heterocycles. The van der Waals surface area contributed by atoms with Gasteiger partial charge in [-0.15, -0.1) is 11.3 Å². The summed E-state index contributed by atoms with van der Waals surface area (Å²) in [6.45, 7) is 7.90. The maximum atomic E-state index is 13.5. The predicted molar refractivity (Wildman–Crippen MR) is 230 cm³/mol. The molecule has 10 rings (SSSR count). The number of amides is 3. The van der Waals surface area contributed by atoms with Crippen molar-refractivity contribution in [1.82, 2.24) is 29.7 Å². The number of aromatic nitrogens is 3. The first-order valence-corrected chi connectivity index (χ1v) is 21.5. The molecule has 7 heterocycles. The molecule has 0 bridgehead atoms. The Bertz CT molecular complexity index is 2680. The molecule has 0 saturated carbocycles. The Labute approximate surface area is 340 Å². The normalized spacial score (nSPS) is 21.3. The SMILES string of the molecule is C[C@@H]1CNc2c(sc3ccc4nc(-c5cccc(N6CCC(CN7CCC(c8cccc9c8n(C)c(=O)n9C8CCC(=O)NC8=O)CC7)CC6)c5)ccc4c23)C(=O)N1. The lowest BCUT2D eigenvalue weighted by atomic mass is 9.87. The summed E-state index contributed by atoms with van der Waals surface area (Å²) in [5.41, 5.74) is 7.75. The van der Waals surface area contributed by atoms with Crippen molar-refractivity contribution in [3.8, 4) is 11.3 Å². The average Bonchev–Trinajstić information content (AvgIpc) is 3.69. The molecule has 298 valence electrons. The molecular formula is C45H48N8O4S. The number of carbonyl (C=O) groups excluding carboxylic acids is 3. The van der Waals surface area contributed by atoms with Crippen LogP contribution in [-0.4, -0.2) is 82.1 Å². The Morgan fingerprint density at radius 3 is 2.50 bits per heavy atom. The van der Waals surface area contributed by atoms with Crippen LogP contribution in [-0.2, 0) is 16.6 Å². The number of rotatable bonds is 6. The quantitative estimate of drug-likeness (QED) is 0.165. The van der Waals surface area contributed by atoms with Crippen molar-refractivity contribution in [2.45, 2.75) is 63.5 Å². The van der Waals surface area contributed by atoms with Gasteiger partial charge in [0, 0.05) is 72.4 Å². The number of para-hydroxylation sites is 1. The number of carbonyl (C=O) groups is 3. The van der Waals surface area contributed by atoms with E-state index in [-0.39, 0.29) is 30.0 Å². The first kappa shape index (κ1) is 36.8. The standard InChI is InChI=1S/C45H48N8O4S/c1-26-24-46-40-39-32-9-10-33(48-34(32)11-13-37(39)58-42(40)44(56)47-26)29-5-3-6-30(23-29)52-21-15-27(16-22-52)25-51-19-17-28(18-20-51)31-7-4-8-35-41(31)50(2)45(57)53(35)36-12-14-38(54)49-43(36)55/h3-11,13,23,26-28,36,46H,12,14-22,24-25H2,1-2H3,(H,47,56)(H,49,54,55)/t26-,36?/m1/s1. The molecule has 3 aromatic carbocycles. The van der Waals surface area contributed by atoms with E-state index >= 15 is 0 Å². The molecule has 0 radical (unpaired) electrons. The van der Waals surface area contributed by atoms with Crippen molar-refractivity contribution in [3.63, 3.8) is 0 Å². The Morgan fingerprint density at radius 2 is 1.69 bits per heavy atom. The first-order valence-electron chi connectivity index (χ1n) is 20.7. The van der Waals surface area contributed by atoms with Gasteiger partial charge in [-0.05, 0) is 112 Å². The number of anilines is 2. The van der Waals surface area contributed by atoms with E-state index in [0.29, 0.717) is 24.8 Å². The van der Waals surface area contributed by atoms with Gasteiger partial charge in [-0.2, -0.15) is 0 Å². The zero-order valence-corrected chi connectivity index (χ0v) is 33.7. The molecule has 3 fully saturated rings. The zero-order valence-electron chi connectivity index (χ0n) is 32.9. The minimum absolute atomic E-state index is 0.0175. The fraction of sp³-hybridized carbons (Fsp3) is 0.400. The molecule has 4 aliphatic heterocycles. The largest absolute Gasteiger partial charge is 0.381 e. The molecule has 3 amide bonds. The highest BCUT2D eigenvalue weighted by atomic mass is 32.1. The fourth-order valence-electron chi connectivity index (χ4n) is 9.94. The van der Waals surface area contributed by atoms with Crippen molar-refractivity contribution in [1.29, 1.82) is 0 Å². The molecule has 0 aliphatic carbocycles. The van der Waals surface area contributed by atoms with E-state index in [1.54, 1.807) is 16.2 Å². The molecular weight excluding hydrogens is 749 g/mol. The van der Waals surface area contributed by atoms with Crippen molar-refractivity contribution in [2.75, 3.05) is 49.5 Å². The second kappa shape index (κ2) is 14.7. The molecule has 0 spiro atoms. The van der Waals surface area contributed by atoms with Gasteiger partial charge in [-0.25, -0.2) is 9.78 Å². The van der Waals surface area contributed by atoms with Gasteiger partial charge in [0.25, 0.3) is 5.91 Å². The Hall–Kier alpha value is -5.53. The predicted octanol–water partition coefficient (Wildman–Crippen LogP) is 6.39. The third-order valence-corrected chi connectivity index (χ3v) is 14.2. The van der Waals surface area contributed by atoms with Crippen LogP contribution in [0.3, 0.4) is 0 Å². The molecule has 13 heteroatoms. The molecule has 2 atom stereocenters. The number of imidazole rings is 1. The lowest BCUT2D eigenvalue weighted by molar-refractivity contribution is -0.135. The van der Waals surface area contributed by atoms with Gasteiger partial charge >= 0.3 is 5.69 Å². The van der Waals surface area contributed by atoms with E-state index in [1.807, 2.05) is 19.1 Å². The van der Waals surface area contributed by atoms with Crippen LogP contribution in [0.25, 0.3) is 43.3 Å². The zero-order chi connectivity index (χ0) is 39.7. The molecule has 3 N–H and O–H groups in total. The fourth-order valence-corrected chi connectivity index (χ4v) is 11.0. The van der Waals surface area contributed by atoms with Gasteiger partial charge in [0.05, 0.1) is 27.9 Å². The second-order valence-electron chi connectivity index (χ2n) is 16.7. The van der Waals surface area contributed by atoms with Crippen LogP contribution in [0.2, 0.25) is 0 Å². The third kappa shape index (κ3) is 6.44. The maximum Gasteiger partial charge on any atom is 0.329 e. The van der Waals surface area contributed by atoms with Gasteiger partial charge in [-0.3, -0.25) is 28.8 Å². The second-order valence-corrected chi connectivity index (χ2v) is 17.8. The van der Waals surface area contributed by atoms with E-state index in [0.717, 1.165) is 112 Å². The van der Waals surface area contributed by atoms with Crippen molar-refractivity contribution in [3.05, 3.63) is 87.7 Å². The summed E-state index contributed by atoms with van der Waals surface area (Å²) < 4.78 is 4.37. The lowest BCUT2D eigenvalue weighted by Crippen LogP contribution is -2.44. The van der Waals surface area contributed by atoms with Crippen LogP contribution in [0.5, 0.6) is 0 Å². The van der Waals surface area contributed by atoms with E-state index in [4.69, 9.17) is 4.98 Å². The van der Waals surface area contributed by atoms with Gasteiger partial charge in [0.15, 0.2) is 0 Å². The summed E-state index contributed by atoms with van der Waals surface area (Å²) in [4.78, 5) is 61.9. The van der Waals surface area contributed by atoms with Crippen LogP contribution < -0.4 is 26.5 Å². The van der Waals surface area contributed by atoms with Gasteiger partial charge in [0.1, 0.15) is 10.9 Å². The molecule has 3 saturated heterocycles. The number of thiophene rings is 1. The first-order chi connectivity index (χ1) is 28.2. The monoisotopic (exact) mass is 796 g/mol. The van der Waals surface area contributed by atoms with Crippen molar-refractivity contribution in [2.24, 2.45) is 13.0 Å². The number of piperidine rings is 3. The van der Waals surface area contributed by atoms with E-state index < -0.39 is 11.9 Å². The van der Waals surface area contributed by atoms with Crippen molar-refractivity contribution >= 4 is 72.5 Å². The number of aryl methyl sites for hydroxylation is 1. The highest BCUT2D eigenvalue weighted by Crippen LogP contribution is 2.42. The van der Waals surface area contributed by atoms with Crippen LogP contribution in [0.15, 0.2) is 71.5 Å². The minimum Gasteiger partial charge on any atom is -0.381 e. The van der Waals surface area contributed by atoms with E-state index in [9.17, 15) is 19.2 Å². The summed E-state index contributed by atoms with van der Waals surface area (Å²) in [6.07, 6.45) is 4.93. The van der Waals surface area contributed by atoms with Crippen LogP contribution in [0, 0.1) is 5.92 Å². The average molecular weight is 797 g/mol. The van der Waals surface area contributed by atoms with Gasteiger partial charge in [0.2, 0.25) is 11.8 Å². The number of imide groups is 1. The number of benzene rings is 3. The number of hydrogen-bond acceptors (Lipinski definition) is 9. The highest BCUT2D eigenvalue weighted by molar-refractivity contribution is 7.21. The molecule has 1 unspecified atom stereocenters. The van der Waals surface area contributed by atoms with Gasteiger partial charge < -0.3 is 20.4 Å². The summed E-state index contributed by atoms with van der Waals surface area (Å²) in [5.74, 6) is 0.289. The number of fused-ring (bicyclic) bond motifs is 6. The topological polar surface area (TPSA) is 134 Å². The maximum absolute atomic E-state index is 13.5. The number of likely N-dealkylation sites (tertiary alicyclic amines) is 1.